The van der Waals surface area contributed by atoms with Crippen molar-refractivity contribution in [3.8, 4) is 5.69 Å². The Balaban J connectivity index is 1.95. The number of anilines is 1. The van der Waals surface area contributed by atoms with Crippen molar-refractivity contribution in [1.29, 1.82) is 0 Å². The lowest BCUT2D eigenvalue weighted by Gasteiger charge is -2.12. The summed E-state index contributed by atoms with van der Waals surface area (Å²) in [6.45, 7) is 0. The number of rotatable bonds is 3. The topological polar surface area (TPSA) is 64.0 Å². The number of nitrogens with zero attached hydrogens (tertiary/aromatic N) is 2. The fourth-order valence-corrected chi connectivity index (χ4v) is 2.66. The fourth-order valence-electron chi connectivity index (χ4n) is 2.31. The summed E-state index contributed by atoms with van der Waals surface area (Å²) in [5.41, 5.74) is -2.03. The van der Waals surface area contributed by atoms with E-state index in [-0.39, 0.29) is 10.7 Å². The average Bonchev–Trinajstić information content (AvgIpc) is 2.63. The molecule has 0 spiro atoms. The Kier molecular flexibility index (Phi) is 5.44. The summed E-state index contributed by atoms with van der Waals surface area (Å²) < 4.78 is 39.8. The molecule has 5 nitrogen and oxygen atoms in total. The summed E-state index contributed by atoms with van der Waals surface area (Å²) >= 11 is 11.8. The number of carbonyl (C=O) groups is 1. The van der Waals surface area contributed by atoms with E-state index < -0.39 is 28.8 Å². The van der Waals surface area contributed by atoms with Gasteiger partial charge >= 0.3 is 6.18 Å². The van der Waals surface area contributed by atoms with Crippen molar-refractivity contribution < 1.29 is 18.0 Å². The van der Waals surface area contributed by atoms with Gasteiger partial charge < -0.3 is 5.32 Å². The first-order chi connectivity index (χ1) is 13.1. The minimum atomic E-state index is -4.62. The number of hydrogen-bond acceptors (Lipinski definition) is 3. The van der Waals surface area contributed by atoms with Crippen LogP contribution in [0, 0.1) is 0 Å². The van der Waals surface area contributed by atoms with E-state index in [1.165, 1.54) is 10.9 Å². The molecule has 0 fully saturated rings. The quantitative estimate of drug-likeness (QED) is 0.652. The molecule has 28 heavy (non-hydrogen) atoms. The standard InChI is InChI=1S/C18H10Cl2F3N3O2/c19-11-2-1-3-12(9-11)26-7-6-15(27)16(25-26)17(28)24-14-8-10(18(21,22)23)4-5-13(14)20/h1-9H,(H,24,28). The monoisotopic (exact) mass is 427 g/mol. The van der Waals surface area contributed by atoms with Gasteiger partial charge in [-0.2, -0.15) is 18.3 Å². The molecule has 144 valence electrons. The molecule has 2 aromatic carbocycles. The highest BCUT2D eigenvalue weighted by Crippen LogP contribution is 2.33. The summed E-state index contributed by atoms with van der Waals surface area (Å²) in [4.78, 5) is 24.5. The van der Waals surface area contributed by atoms with Crippen molar-refractivity contribution in [2.75, 3.05) is 5.32 Å². The molecule has 3 aromatic rings. The Hall–Kier alpha value is -2.84. The Labute approximate surface area is 166 Å². The van der Waals surface area contributed by atoms with Gasteiger partial charge in [0.25, 0.3) is 5.91 Å². The zero-order valence-corrected chi connectivity index (χ0v) is 15.3. The number of aromatic nitrogens is 2. The van der Waals surface area contributed by atoms with Gasteiger partial charge in [-0.1, -0.05) is 29.3 Å². The van der Waals surface area contributed by atoms with E-state index in [2.05, 4.69) is 10.4 Å². The summed E-state index contributed by atoms with van der Waals surface area (Å²) in [5.74, 6) is -0.998. The smallest absolute Gasteiger partial charge is 0.319 e. The second-order valence-electron chi connectivity index (χ2n) is 5.60. The van der Waals surface area contributed by atoms with Gasteiger partial charge in [-0.25, -0.2) is 4.68 Å². The van der Waals surface area contributed by atoms with Gasteiger partial charge in [-0.3, -0.25) is 9.59 Å². The fraction of sp³-hybridized carbons (Fsp3) is 0.0556. The minimum Gasteiger partial charge on any atom is -0.319 e. The molecule has 0 aliphatic rings. The molecule has 1 amide bonds. The number of alkyl halides is 3. The van der Waals surface area contributed by atoms with Crippen LogP contribution < -0.4 is 10.7 Å². The number of amides is 1. The Morgan fingerprint density at radius 3 is 2.50 bits per heavy atom. The van der Waals surface area contributed by atoms with E-state index >= 15 is 0 Å². The third-order valence-corrected chi connectivity index (χ3v) is 4.20. The highest BCUT2D eigenvalue weighted by molar-refractivity contribution is 6.34. The van der Waals surface area contributed by atoms with Crippen LogP contribution in [0.5, 0.6) is 0 Å². The minimum absolute atomic E-state index is 0.118. The van der Waals surface area contributed by atoms with Gasteiger partial charge in [0.15, 0.2) is 5.69 Å². The molecule has 10 heteroatoms. The molecule has 0 saturated carbocycles. The van der Waals surface area contributed by atoms with E-state index in [9.17, 15) is 22.8 Å². The predicted molar refractivity (Wildman–Crippen MR) is 99.3 cm³/mol. The second kappa shape index (κ2) is 7.65. The normalized spacial score (nSPS) is 11.3. The molecule has 3 rings (SSSR count). The molecule has 1 heterocycles. The van der Waals surface area contributed by atoms with E-state index in [0.717, 1.165) is 18.2 Å². The SMILES string of the molecule is O=C(Nc1cc(C(F)(F)F)ccc1Cl)c1nn(-c2cccc(Cl)c2)ccc1=O. The van der Waals surface area contributed by atoms with Crippen LogP contribution in [0.25, 0.3) is 5.69 Å². The van der Waals surface area contributed by atoms with Crippen LogP contribution in [0.1, 0.15) is 16.1 Å². The molecule has 0 bridgehead atoms. The van der Waals surface area contributed by atoms with Gasteiger partial charge in [0.2, 0.25) is 5.43 Å². The van der Waals surface area contributed by atoms with Gasteiger partial charge in [-0.05, 0) is 36.4 Å². The van der Waals surface area contributed by atoms with Crippen molar-refractivity contribution in [3.63, 3.8) is 0 Å². The molecule has 0 aliphatic heterocycles. The predicted octanol–water partition coefficient (Wildman–Crippen LogP) is 4.81. The molecule has 0 radical (unpaired) electrons. The van der Waals surface area contributed by atoms with E-state index in [1.54, 1.807) is 24.3 Å². The zero-order chi connectivity index (χ0) is 20.5. The van der Waals surface area contributed by atoms with Gasteiger partial charge in [0.05, 0.1) is 22.0 Å². The van der Waals surface area contributed by atoms with Crippen LogP contribution in [0.4, 0.5) is 18.9 Å². The molecule has 1 N–H and O–H groups in total. The lowest BCUT2D eigenvalue weighted by atomic mass is 10.2. The van der Waals surface area contributed by atoms with E-state index in [4.69, 9.17) is 23.2 Å². The number of nitrogens with one attached hydrogen (secondary N) is 1. The molecular formula is C18H10Cl2F3N3O2. The lowest BCUT2D eigenvalue weighted by molar-refractivity contribution is -0.137. The van der Waals surface area contributed by atoms with Crippen molar-refractivity contribution in [2.45, 2.75) is 6.18 Å². The van der Waals surface area contributed by atoms with Gasteiger partial charge in [0, 0.05) is 17.3 Å². The first-order valence-electron chi connectivity index (χ1n) is 7.69. The van der Waals surface area contributed by atoms with Crippen LogP contribution in [-0.4, -0.2) is 15.7 Å². The highest BCUT2D eigenvalue weighted by Gasteiger charge is 2.31. The summed E-state index contributed by atoms with van der Waals surface area (Å²) in [6.07, 6.45) is -3.28. The van der Waals surface area contributed by atoms with Crippen LogP contribution in [0.2, 0.25) is 10.0 Å². The maximum atomic E-state index is 12.9. The summed E-state index contributed by atoms with van der Waals surface area (Å²) in [5, 5.41) is 6.44. The van der Waals surface area contributed by atoms with Crippen molar-refractivity contribution >= 4 is 34.8 Å². The number of hydrogen-bond donors (Lipinski definition) is 1. The van der Waals surface area contributed by atoms with E-state index in [1.807, 2.05) is 0 Å². The van der Waals surface area contributed by atoms with E-state index in [0.29, 0.717) is 16.8 Å². The van der Waals surface area contributed by atoms with Crippen LogP contribution in [0.3, 0.4) is 0 Å². The van der Waals surface area contributed by atoms with Gasteiger partial charge in [0.1, 0.15) is 0 Å². The number of benzene rings is 2. The van der Waals surface area contributed by atoms with Crippen molar-refractivity contribution in [3.05, 3.63) is 86.3 Å². The molecule has 0 unspecified atom stereocenters. The van der Waals surface area contributed by atoms with Crippen LogP contribution in [-0.2, 0) is 6.18 Å². The molecule has 0 saturated heterocycles. The Morgan fingerprint density at radius 1 is 1.07 bits per heavy atom. The average molecular weight is 428 g/mol. The maximum Gasteiger partial charge on any atom is 0.416 e. The Bertz CT molecular complexity index is 1110. The molecule has 1 aromatic heterocycles. The van der Waals surface area contributed by atoms with Crippen LogP contribution >= 0.6 is 23.2 Å². The van der Waals surface area contributed by atoms with Crippen molar-refractivity contribution in [1.82, 2.24) is 9.78 Å². The highest BCUT2D eigenvalue weighted by atomic mass is 35.5. The maximum absolute atomic E-state index is 12.9. The molecular weight excluding hydrogens is 418 g/mol. The summed E-state index contributed by atoms with van der Waals surface area (Å²) in [6, 6.07) is 10.1. The van der Waals surface area contributed by atoms with Gasteiger partial charge in [-0.15, -0.1) is 0 Å². The largest absolute Gasteiger partial charge is 0.416 e. The van der Waals surface area contributed by atoms with Crippen LogP contribution in [0.15, 0.2) is 59.5 Å². The molecule has 0 atom stereocenters. The Morgan fingerprint density at radius 2 is 1.82 bits per heavy atom. The first-order valence-corrected chi connectivity index (χ1v) is 8.45. The summed E-state index contributed by atoms with van der Waals surface area (Å²) in [7, 11) is 0. The zero-order valence-electron chi connectivity index (χ0n) is 13.8. The second-order valence-corrected chi connectivity index (χ2v) is 6.44. The number of carbonyl (C=O) groups excluding carboxylic acids is 1. The third-order valence-electron chi connectivity index (χ3n) is 3.64. The number of halogens is 5. The van der Waals surface area contributed by atoms with Crippen molar-refractivity contribution in [2.24, 2.45) is 0 Å². The lowest BCUT2D eigenvalue weighted by Crippen LogP contribution is -2.25. The first kappa shape index (κ1) is 19.9. The molecule has 0 aliphatic carbocycles. The third kappa shape index (κ3) is 4.35.